The molecule has 3 aromatic rings. The molecule has 0 spiro atoms. The van der Waals surface area contributed by atoms with Crippen LogP contribution in [0.1, 0.15) is 29.9 Å². The van der Waals surface area contributed by atoms with Gasteiger partial charge in [-0.05, 0) is 63.1 Å². The van der Waals surface area contributed by atoms with Gasteiger partial charge in [-0.15, -0.1) is 11.3 Å². The average Bonchev–Trinajstić information content (AvgIpc) is 3.05. The van der Waals surface area contributed by atoms with E-state index in [-0.39, 0.29) is 6.10 Å². The van der Waals surface area contributed by atoms with Crippen LogP contribution < -0.4 is 15.4 Å². The number of anilines is 2. The number of rotatable bonds is 4. The SMILES string of the molecule is Cc1cc2c(s1)Nc1ccccc1N=C2N1CCNC(Cc2cccc(OC(C)C)c2)C1. The largest absolute Gasteiger partial charge is 0.491 e. The molecule has 1 atom stereocenters. The molecule has 32 heavy (non-hydrogen) atoms. The first-order chi connectivity index (χ1) is 15.5. The molecule has 0 radical (unpaired) electrons. The van der Waals surface area contributed by atoms with Gasteiger partial charge in [0.25, 0.3) is 0 Å². The highest BCUT2D eigenvalue weighted by Gasteiger charge is 2.27. The first-order valence-electron chi connectivity index (χ1n) is 11.3. The van der Waals surface area contributed by atoms with Crippen molar-refractivity contribution in [2.45, 2.75) is 39.3 Å². The third-order valence-electron chi connectivity index (χ3n) is 5.78. The van der Waals surface area contributed by atoms with Crippen LogP contribution in [-0.4, -0.2) is 42.5 Å². The number of ether oxygens (including phenoxy) is 1. The van der Waals surface area contributed by atoms with Crippen LogP contribution in [0.15, 0.2) is 59.6 Å². The molecule has 5 rings (SSSR count). The smallest absolute Gasteiger partial charge is 0.139 e. The van der Waals surface area contributed by atoms with Crippen LogP contribution in [0.2, 0.25) is 0 Å². The number of thiophene rings is 1. The lowest BCUT2D eigenvalue weighted by molar-refractivity contribution is 0.242. The summed E-state index contributed by atoms with van der Waals surface area (Å²) in [6.07, 6.45) is 1.14. The van der Waals surface area contributed by atoms with Crippen molar-refractivity contribution in [1.29, 1.82) is 0 Å². The second-order valence-electron chi connectivity index (χ2n) is 8.79. The molecule has 0 aliphatic carbocycles. The monoisotopic (exact) mass is 446 g/mol. The Labute approximate surface area is 194 Å². The Hall–Kier alpha value is -2.83. The van der Waals surface area contributed by atoms with Gasteiger partial charge in [0, 0.05) is 30.6 Å². The fourth-order valence-electron chi connectivity index (χ4n) is 4.44. The quantitative estimate of drug-likeness (QED) is 0.556. The third-order valence-corrected chi connectivity index (χ3v) is 6.75. The van der Waals surface area contributed by atoms with Gasteiger partial charge < -0.3 is 20.3 Å². The van der Waals surface area contributed by atoms with E-state index in [4.69, 9.17) is 9.73 Å². The second-order valence-corrected chi connectivity index (χ2v) is 10.0. The van der Waals surface area contributed by atoms with Crippen LogP contribution in [0.25, 0.3) is 0 Å². The van der Waals surface area contributed by atoms with E-state index in [1.807, 2.05) is 6.07 Å². The molecule has 1 saturated heterocycles. The van der Waals surface area contributed by atoms with E-state index in [2.05, 4.69) is 84.8 Å². The minimum atomic E-state index is 0.182. The van der Waals surface area contributed by atoms with Gasteiger partial charge in [-0.1, -0.05) is 24.3 Å². The standard InChI is InChI=1S/C26H30N4OS/c1-17(2)31-21-8-6-7-19(15-21)14-20-16-30(12-11-27-20)25-22-13-18(3)32-26(22)29-24-10-5-4-9-23(24)28-25/h4-10,13,15,17,20,27,29H,11-12,14,16H2,1-3H3. The number of aliphatic imine (C=N–C) groups is 1. The molecule has 1 fully saturated rings. The van der Waals surface area contributed by atoms with Crippen molar-refractivity contribution in [1.82, 2.24) is 10.2 Å². The maximum absolute atomic E-state index is 5.89. The first kappa shape index (κ1) is 21.0. The summed E-state index contributed by atoms with van der Waals surface area (Å²) in [5, 5.41) is 8.50. The number of piperazine rings is 1. The summed E-state index contributed by atoms with van der Waals surface area (Å²) in [5.41, 5.74) is 4.57. The summed E-state index contributed by atoms with van der Waals surface area (Å²) in [7, 11) is 0. The molecule has 2 aliphatic rings. The lowest BCUT2D eigenvalue weighted by Gasteiger charge is -2.36. The number of hydrogen-bond donors (Lipinski definition) is 2. The number of nitrogens with one attached hydrogen (secondary N) is 2. The van der Waals surface area contributed by atoms with Crippen LogP contribution in [-0.2, 0) is 6.42 Å². The van der Waals surface area contributed by atoms with E-state index in [1.54, 1.807) is 11.3 Å². The molecule has 0 amide bonds. The van der Waals surface area contributed by atoms with Gasteiger partial charge in [0.1, 0.15) is 16.6 Å². The average molecular weight is 447 g/mol. The van der Waals surface area contributed by atoms with Gasteiger partial charge in [0.05, 0.1) is 23.0 Å². The fourth-order valence-corrected chi connectivity index (χ4v) is 5.36. The molecular weight excluding hydrogens is 416 g/mol. The van der Waals surface area contributed by atoms with Gasteiger partial charge in [-0.25, -0.2) is 4.99 Å². The van der Waals surface area contributed by atoms with E-state index in [1.165, 1.54) is 21.0 Å². The van der Waals surface area contributed by atoms with Gasteiger partial charge >= 0.3 is 0 Å². The van der Waals surface area contributed by atoms with E-state index in [9.17, 15) is 0 Å². The molecule has 2 aromatic carbocycles. The molecule has 2 N–H and O–H groups in total. The number of hydrogen-bond acceptors (Lipinski definition) is 6. The molecule has 1 aromatic heterocycles. The highest BCUT2D eigenvalue weighted by molar-refractivity contribution is 7.16. The van der Waals surface area contributed by atoms with Crippen molar-refractivity contribution in [2.75, 3.05) is 25.0 Å². The Bertz CT molecular complexity index is 1140. The van der Waals surface area contributed by atoms with Crippen LogP contribution >= 0.6 is 11.3 Å². The normalized spacial score (nSPS) is 17.8. The van der Waals surface area contributed by atoms with Crippen LogP contribution in [0.5, 0.6) is 5.75 Å². The predicted octanol–water partition coefficient (Wildman–Crippen LogP) is 5.50. The Morgan fingerprint density at radius 1 is 1.16 bits per heavy atom. The minimum absolute atomic E-state index is 0.182. The van der Waals surface area contributed by atoms with Crippen molar-refractivity contribution in [3.05, 3.63) is 70.6 Å². The maximum atomic E-state index is 5.89. The Balaban J connectivity index is 1.40. The Kier molecular flexibility index (Phi) is 5.89. The van der Waals surface area contributed by atoms with Crippen molar-refractivity contribution < 1.29 is 4.74 Å². The predicted molar refractivity (Wildman–Crippen MR) is 134 cm³/mol. The fraction of sp³-hybridized carbons (Fsp3) is 0.346. The summed E-state index contributed by atoms with van der Waals surface area (Å²) in [6.45, 7) is 9.10. The summed E-state index contributed by atoms with van der Waals surface area (Å²) >= 11 is 1.80. The van der Waals surface area contributed by atoms with Crippen molar-refractivity contribution in [2.24, 2.45) is 4.99 Å². The number of benzene rings is 2. The topological polar surface area (TPSA) is 48.9 Å². The number of amidine groups is 1. The lowest BCUT2D eigenvalue weighted by atomic mass is 10.0. The van der Waals surface area contributed by atoms with E-state index < -0.39 is 0 Å². The second kappa shape index (κ2) is 8.96. The zero-order valence-electron chi connectivity index (χ0n) is 18.9. The Morgan fingerprint density at radius 3 is 2.91 bits per heavy atom. The molecule has 3 heterocycles. The van der Waals surface area contributed by atoms with Gasteiger partial charge in [0.2, 0.25) is 0 Å². The third kappa shape index (κ3) is 4.52. The molecule has 0 bridgehead atoms. The van der Waals surface area contributed by atoms with Gasteiger partial charge in [-0.3, -0.25) is 0 Å². The molecule has 5 nitrogen and oxygen atoms in total. The number of aryl methyl sites for hydroxylation is 1. The summed E-state index contributed by atoms with van der Waals surface area (Å²) in [4.78, 5) is 8.89. The summed E-state index contributed by atoms with van der Waals surface area (Å²) in [6, 6.07) is 19.4. The molecule has 166 valence electrons. The molecule has 1 unspecified atom stereocenters. The minimum Gasteiger partial charge on any atom is -0.491 e. The lowest BCUT2D eigenvalue weighted by Crippen LogP contribution is -2.53. The highest BCUT2D eigenvalue weighted by atomic mass is 32.1. The molecule has 6 heteroatoms. The zero-order chi connectivity index (χ0) is 22.1. The number of para-hydroxylation sites is 2. The van der Waals surface area contributed by atoms with Crippen LogP contribution in [0, 0.1) is 6.92 Å². The molecular formula is C26H30N4OS. The Morgan fingerprint density at radius 2 is 2.03 bits per heavy atom. The maximum Gasteiger partial charge on any atom is 0.139 e. The summed E-state index contributed by atoms with van der Waals surface area (Å²) in [5.74, 6) is 2.02. The van der Waals surface area contributed by atoms with Crippen molar-refractivity contribution in [3.8, 4) is 5.75 Å². The number of nitrogens with zero attached hydrogens (tertiary/aromatic N) is 2. The van der Waals surface area contributed by atoms with Crippen molar-refractivity contribution in [3.63, 3.8) is 0 Å². The highest BCUT2D eigenvalue weighted by Crippen LogP contribution is 2.39. The molecule has 2 aliphatic heterocycles. The van der Waals surface area contributed by atoms with Gasteiger partial charge in [-0.2, -0.15) is 0 Å². The molecule has 0 saturated carbocycles. The van der Waals surface area contributed by atoms with E-state index >= 15 is 0 Å². The van der Waals surface area contributed by atoms with Gasteiger partial charge in [0.15, 0.2) is 0 Å². The van der Waals surface area contributed by atoms with E-state index in [0.717, 1.165) is 49.0 Å². The van der Waals surface area contributed by atoms with Crippen LogP contribution in [0.4, 0.5) is 16.4 Å². The summed E-state index contributed by atoms with van der Waals surface area (Å²) < 4.78 is 5.89. The van der Waals surface area contributed by atoms with E-state index in [0.29, 0.717) is 6.04 Å². The zero-order valence-corrected chi connectivity index (χ0v) is 19.7. The first-order valence-corrected chi connectivity index (χ1v) is 12.2. The van der Waals surface area contributed by atoms with Crippen LogP contribution in [0.3, 0.4) is 0 Å². The van der Waals surface area contributed by atoms with Crippen molar-refractivity contribution >= 4 is 33.5 Å². The number of fused-ring (bicyclic) bond motifs is 2.